The largest absolute Gasteiger partial charge is 0.482 e. The lowest BCUT2D eigenvalue weighted by atomic mass is 10.00. The lowest BCUT2D eigenvalue weighted by Crippen LogP contribution is -2.31. The highest BCUT2D eigenvalue weighted by Crippen LogP contribution is 2.25. The summed E-state index contributed by atoms with van der Waals surface area (Å²) in [6.07, 6.45) is 0. The molecule has 2 N–H and O–H groups in total. The predicted octanol–water partition coefficient (Wildman–Crippen LogP) is 4.05. The number of para-hydroxylation sites is 2. The average molecular weight is 362 g/mol. The Bertz CT molecular complexity index is 963. The summed E-state index contributed by atoms with van der Waals surface area (Å²) < 4.78 is 5.60. The van der Waals surface area contributed by atoms with Gasteiger partial charge < -0.3 is 15.4 Å². The first-order valence-electron chi connectivity index (χ1n) is 8.81. The molecule has 0 aliphatic heterocycles. The lowest BCUT2D eigenvalue weighted by Gasteiger charge is -2.17. The van der Waals surface area contributed by atoms with Crippen molar-refractivity contribution < 1.29 is 14.3 Å². The van der Waals surface area contributed by atoms with Crippen LogP contribution in [0.25, 0.3) is 10.8 Å². The highest BCUT2D eigenvalue weighted by Gasteiger charge is 2.13. The Morgan fingerprint density at radius 3 is 2.48 bits per heavy atom. The Labute approximate surface area is 158 Å². The minimum atomic E-state index is -0.229. The van der Waals surface area contributed by atoms with E-state index in [1.165, 1.54) is 6.92 Å². The molecule has 138 valence electrons. The minimum Gasteiger partial charge on any atom is -0.482 e. The molecule has 0 heterocycles. The zero-order valence-corrected chi connectivity index (χ0v) is 15.4. The number of nitrogens with one attached hydrogen (secondary N) is 2. The fraction of sp³-hybridized carbons (Fsp3) is 0.182. The summed E-state index contributed by atoms with van der Waals surface area (Å²) in [5.41, 5.74) is 1.60. The van der Waals surface area contributed by atoms with Crippen LogP contribution in [0.2, 0.25) is 0 Å². The molecule has 3 aromatic carbocycles. The maximum absolute atomic E-state index is 12.3. The van der Waals surface area contributed by atoms with Crippen molar-refractivity contribution in [1.29, 1.82) is 0 Å². The number of hydrogen-bond acceptors (Lipinski definition) is 3. The first-order chi connectivity index (χ1) is 13.0. The van der Waals surface area contributed by atoms with E-state index in [1.54, 1.807) is 24.3 Å². The highest BCUT2D eigenvalue weighted by molar-refractivity contribution is 5.90. The van der Waals surface area contributed by atoms with Crippen molar-refractivity contribution in [3.05, 3.63) is 72.3 Å². The van der Waals surface area contributed by atoms with Crippen LogP contribution in [-0.4, -0.2) is 18.4 Å². The molecular formula is C22H22N2O3. The van der Waals surface area contributed by atoms with Crippen molar-refractivity contribution in [2.75, 3.05) is 11.9 Å². The highest BCUT2D eigenvalue weighted by atomic mass is 16.5. The summed E-state index contributed by atoms with van der Waals surface area (Å²) in [7, 11) is 0. The van der Waals surface area contributed by atoms with Crippen molar-refractivity contribution >= 4 is 28.3 Å². The predicted molar refractivity (Wildman–Crippen MR) is 107 cm³/mol. The second kappa shape index (κ2) is 8.36. The molecule has 0 radical (unpaired) electrons. The zero-order valence-electron chi connectivity index (χ0n) is 15.4. The van der Waals surface area contributed by atoms with Crippen LogP contribution in [0.15, 0.2) is 66.7 Å². The molecule has 0 bridgehead atoms. The Kier molecular flexibility index (Phi) is 5.71. The first-order valence-corrected chi connectivity index (χ1v) is 8.81. The molecule has 5 heteroatoms. The molecule has 0 spiro atoms. The Morgan fingerprint density at radius 1 is 0.963 bits per heavy atom. The van der Waals surface area contributed by atoms with Crippen LogP contribution in [0.3, 0.4) is 0 Å². The molecule has 0 saturated carbocycles. The van der Waals surface area contributed by atoms with E-state index < -0.39 is 0 Å². The van der Waals surface area contributed by atoms with E-state index in [2.05, 4.69) is 22.8 Å². The van der Waals surface area contributed by atoms with Crippen molar-refractivity contribution in [2.24, 2.45) is 0 Å². The van der Waals surface area contributed by atoms with E-state index in [0.29, 0.717) is 11.4 Å². The second-order valence-electron chi connectivity index (χ2n) is 6.32. The van der Waals surface area contributed by atoms with Crippen LogP contribution < -0.4 is 15.4 Å². The third-order valence-corrected chi connectivity index (χ3v) is 4.22. The Hall–Kier alpha value is -3.34. The van der Waals surface area contributed by atoms with Gasteiger partial charge in [-0.3, -0.25) is 9.59 Å². The molecule has 3 rings (SSSR count). The van der Waals surface area contributed by atoms with Crippen LogP contribution in [0.4, 0.5) is 5.69 Å². The normalized spacial score (nSPS) is 11.6. The van der Waals surface area contributed by atoms with Gasteiger partial charge in [0.15, 0.2) is 6.61 Å². The van der Waals surface area contributed by atoms with E-state index in [1.807, 2.05) is 37.3 Å². The van der Waals surface area contributed by atoms with Crippen molar-refractivity contribution in [3.63, 3.8) is 0 Å². The van der Waals surface area contributed by atoms with Gasteiger partial charge in [-0.15, -0.1) is 0 Å². The van der Waals surface area contributed by atoms with Gasteiger partial charge in [-0.25, -0.2) is 0 Å². The maximum atomic E-state index is 12.3. The number of ether oxygens (including phenoxy) is 1. The number of amides is 2. The summed E-state index contributed by atoms with van der Waals surface area (Å²) in [6.45, 7) is 3.24. The summed E-state index contributed by atoms with van der Waals surface area (Å²) in [5.74, 6) is 0.0359. The first kappa shape index (κ1) is 18.5. The molecule has 2 amide bonds. The number of rotatable bonds is 6. The molecule has 27 heavy (non-hydrogen) atoms. The molecule has 0 fully saturated rings. The molecule has 5 nitrogen and oxygen atoms in total. The van der Waals surface area contributed by atoms with Gasteiger partial charge in [0, 0.05) is 6.92 Å². The number of fused-ring (bicyclic) bond motifs is 1. The number of benzene rings is 3. The van der Waals surface area contributed by atoms with Crippen molar-refractivity contribution in [2.45, 2.75) is 19.9 Å². The molecule has 0 aliphatic rings. The molecule has 1 atom stereocenters. The quantitative estimate of drug-likeness (QED) is 0.695. The van der Waals surface area contributed by atoms with Crippen LogP contribution in [0.5, 0.6) is 5.75 Å². The van der Waals surface area contributed by atoms with E-state index in [-0.39, 0.29) is 24.5 Å². The molecule has 0 aliphatic carbocycles. The second-order valence-corrected chi connectivity index (χ2v) is 6.32. The number of anilines is 1. The van der Waals surface area contributed by atoms with E-state index in [0.717, 1.165) is 16.3 Å². The van der Waals surface area contributed by atoms with Gasteiger partial charge in [0.25, 0.3) is 5.91 Å². The SMILES string of the molecule is CC(=O)Nc1ccccc1OCC(=O)N[C@@H](C)c1cccc2ccccc12. The molecular weight excluding hydrogens is 340 g/mol. The van der Waals surface area contributed by atoms with Gasteiger partial charge in [-0.1, -0.05) is 54.6 Å². The van der Waals surface area contributed by atoms with Crippen LogP contribution in [0.1, 0.15) is 25.5 Å². The van der Waals surface area contributed by atoms with Gasteiger partial charge in [-0.2, -0.15) is 0 Å². The topological polar surface area (TPSA) is 67.4 Å². The monoisotopic (exact) mass is 362 g/mol. The molecule has 0 aromatic heterocycles. The van der Waals surface area contributed by atoms with Crippen LogP contribution in [0, 0.1) is 0 Å². The number of carbonyl (C=O) groups excluding carboxylic acids is 2. The summed E-state index contributed by atoms with van der Waals surface area (Å²) >= 11 is 0. The third-order valence-electron chi connectivity index (χ3n) is 4.22. The summed E-state index contributed by atoms with van der Waals surface area (Å²) in [5, 5.41) is 7.91. The smallest absolute Gasteiger partial charge is 0.258 e. The molecule has 0 unspecified atom stereocenters. The summed E-state index contributed by atoms with van der Waals surface area (Å²) in [4.78, 5) is 23.6. The van der Waals surface area contributed by atoms with Crippen LogP contribution >= 0.6 is 0 Å². The minimum absolute atomic E-state index is 0.133. The number of hydrogen-bond donors (Lipinski definition) is 2. The fourth-order valence-electron chi connectivity index (χ4n) is 3.02. The average Bonchev–Trinajstić information content (AvgIpc) is 2.66. The zero-order chi connectivity index (χ0) is 19.2. The van der Waals surface area contributed by atoms with Gasteiger partial charge in [0.05, 0.1) is 11.7 Å². The van der Waals surface area contributed by atoms with E-state index in [9.17, 15) is 9.59 Å². The third kappa shape index (κ3) is 4.64. The fourth-order valence-corrected chi connectivity index (χ4v) is 3.02. The van der Waals surface area contributed by atoms with Crippen LogP contribution in [-0.2, 0) is 9.59 Å². The van der Waals surface area contributed by atoms with Gasteiger partial charge in [-0.05, 0) is 35.4 Å². The van der Waals surface area contributed by atoms with Crippen molar-refractivity contribution in [3.8, 4) is 5.75 Å². The van der Waals surface area contributed by atoms with Gasteiger partial charge in [0.2, 0.25) is 5.91 Å². The number of carbonyl (C=O) groups is 2. The summed E-state index contributed by atoms with van der Waals surface area (Å²) in [6, 6.07) is 21.0. The van der Waals surface area contributed by atoms with E-state index >= 15 is 0 Å². The molecule has 3 aromatic rings. The van der Waals surface area contributed by atoms with Gasteiger partial charge >= 0.3 is 0 Å². The standard InChI is InChI=1S/C22H22N2O3/c1-15(18-11-7-9-17-8-3-4-10-19(17)18)23-22(26)14-27-21-13-6-5-12-20(21)24-16(2)25/h3-13,15H,14H2,1-2H3,(H,23,26)(H,24,25)/t15-/m0/s1. The Morgan fingerprint density at radius 2 is 1.67 bits per heavy atom. The van der Waals surface area contributed by atoms with Crippen molar-refractivity contribution in [1.82, 2.24) is 5.32 Å². The molecule has 0 saturated heterocycles. The maximum Gasteiger partial charge on any atom is 0.258 e. The lowest BCUT2D eigenvalue weighted by molar-refractivity contribution is -0.123. The Balaban J connectivity index is 1.65. The van der Waals surface area contributed by atoms with E-state index in [4.69, 9.17) is 4.74 Å². The van der Waals surface area contributed by atoms with Gasteiger partial charge in [0.1, 0.15) is 5.75 Å².